The second kappa shape index (κ2) is 7.32. The fourth-order valence-electron chi connectivity index (χ4n) is 1.56. The van der Waals surface area contributed by atoms with E-state index in [9.17, 15) is 9.59 Å². The van der Waals surface area contributed by atoms with Crippen LogP contribution in [0.3, 0.4) is 0 Å². The molecule has 0 aromatic carbocycles. The fraction of sp³-hybridized carbons (Fsp3) is 0.733. The van der Waals surface area contributed by atoms with Crippen molar-refractivity contribution in [2.45, 2.75) is 45.7 Å². The number of hydrogen-bond donors (Lipinski definition) is 0. The second-order valence-electron chi connectivity index (χ2n) is 5.93. The van der Waals surface area contributed by atoms with Crippen LogP contribution in [0.2, 0.25) is 0 Å². The van der Waals surface area contributed by atoms with E-state index in [0.29, 0.717) is 0 Å². The molecular formula is C15H25NO6. The van der Waals surface area contributed by atoms with Gasteiger partial charge >= 0.3 is 5.97 Å². The van der Waals surface area contributed by atoms with Gasteiger partial charge in [0, 0.05) is 32.9 Å². The van der Waals surface area contributed by atoms with E-state index >= 15 is 0 Å². The molecule has 22 heavy (non-hydrogen) atoms. The van der Waals surface area contributed by atoms with Crippen LogP contribution in [0, 0.1) is 5.92 Å². The van der Waals surface area contributed by atoms with Crippen LogP contribution in [0.1, 0.15) is 34.1 Å². The molecule has 7 nitrogen and oxygen atoms in total. The summed E-state index contributed by atoms with van der Waals surface area (Å²) in [6.07, 6.45) is 2.57. The molecular weight excluding hydrogens is 290 g/mol. The summed E-state index contributed by atoms with van der Waals surface area (Å²) < 4.78 is 10.5. The Hall–Kier alpha value is -1.28. The number of rotatable bonds is 9. The molecule has 0 unspecified atom stereocenters. The third-order valence-electron chi connectivity index (χ3n) is 3.94. The molecule has 0 spiro atoms. The van der Waals surface area contributed by atoms with Gasteiger partial charge in [0.05, 0.1) is 6.42 Å². The lowest BCUT2D eigenvalue weighted by molar-refractivity contribution is -0.525. The summed E-state index contributed by atoms with van der Waals surface area (Å²) in [5.41, 5.74) is -0.552. The first-order valence-corrected chi connectivity index (χ1v) is 7.18. The van der Waals surface area contributed by atoms with Gasteiger partial charge in [-0.15, -0.1) is 0 Å². The molecule has 0 saturated carbocycles. The molecule has 1 aliphatic rings. The van der Waals surface area contributed by atoms with E-state index in [2.05, 4.69) is 0 Å². The van der Waals surface area contributed by atoms with Crippen molar-refractivity contribution in [1.29, 1.82) is 0 Å². The third kappa shape index (κ3) is 4.36. The van der Waals surface area contributed by atoms with Crippen molar-refractivity contribution in [3.8, 4) is 0 Å². The van der Waals surface area contributed by atoms with Crippen molar-refractivity contribution in [3.63, 3.8) is 0 Å². The summed E-state index contributed by atoms with van der Waals surface area (Å²) in [6.45, 7) is 7.85. The van der Waals surface area contributed by atoms with Crippen LogP contribution >= 0.6 is 0 Å². The zero-order valence-electron chi connectivity index (χ0n) is 14.0. The summed E-state index contributed by atoms with van der Waals surface area (Å²) in [5.74, 6) is -2.02. The molecule has 7 heteroatoms. The zero-order chi connectivity index (χ0) is 17.0. The standard InChI is InChI=1S/C15H25NO6/c1-11(2)14(3,4)21-22-15(19-5,20-6)9-10-16-12(17)7-8-13(16)18/h7-8,11H,9-10H2,1-6H3. The number of carbonyl (C=O) groups is 2. The van der Waals surface area contributed by atoms with Gasteiger partial charge in [-0.05, 0) is 19.8 Å². The number of nitrogens with zero attached hydrogens (tertiary/aromatic N) is 1. The summed E-state index contributed by atoms with van der Waals surface area (Å²) in [4.78, 5) is 35.0. The smallest absolute Gasteiger partial charge is 0.313 e. The van der Waals surface area contributed by atoms with Crippen LogP contribution in [0.4, 0.5) is 0 Å². The van der Waals surface area contributed by atoms with Gasteiger partial charge in [-0.3, -0.25) is 14.5 Å². The molecule has 0 aliphatic carbocycles. The fourth-order valence-corrected chi connectivity index (χ4v) is 1.56. The molecule has 0 aromatic heterocycles. The minimum absolute atomic E-state index is 0.0951. The highest BCUT2D eigenvalue weighted by Crippen LogP contribution is 2.27. The first kappa shape index (κ1) is 18.8. The molecule has 0 saturated heterocycles. The van der Waals surface area contributed by atoms with E-state index in [1.165, 1.54) is 26.4 Å². The first-order chi connectivity index (χ1) is 10.2. The summed E-state index contributed by atoms with van der Waals surface area (Å²) in [6, 6.07) is 0. The number of ether oxygens (including phenoxy) is 2. The molecule has 0 radical (unpaired) electrons. The van der Waals surface area contributed by atoms with Crippen molar-refractivity contribution >= 4 is 11.8 Å². The Morgan fingerprint density at radius 2 is 1.55 bits per heavy atom. The Labute approximate surface area is 131 Å². The van der Waals surface area contributed by atoms with Gasteiger partial charge in [-0.2, -0.15) is 4.89 Å². The number of imide groups is 1. The van der Waals surface area contributed by atoms with Gasteiger partial charge in [0.15, 0.2) is 0 Å². The average Bonchev–Trinajstić information content (AvgIpc) is 2.79. The van der Waals surface area contributed by atoms with Crippen molar-refractivity contribution in [3.05, 3.63) is 12.2 Å². The largest absolute Gasteiger partial charge is 0.329 e. The Kier molecular flexibility index (Phi) is 6.25. The maximum atomic E-state index is 11.5. The zero-order valence-corrected chi connectivity index (χ0v) is 14.0. The second-order valence-corrected chi connectivity index (χ2v) is 5.93. The van der Waals surface area contributed by atoms with Gasteiger partial charge in [0.1, 0.15) is 5.60 Å². The van der Waals surface area contributed by atoms with Crippen LogP contribution in [-0.2, 0) is 28.8 Å². The van der Waals surface area contributed by atoms with E-state index in [4.69, 9.17) is 19.2 Å². The lowest BCUT2D eigenvalue weighted by Crippen LogP contribution is -2.45. The lowest BCUT2D eigenvalue weighted by Gasteiger charge is -2.35. The van der Waals surface area contributed by atoms with Crippen LogP contribution in [0.15, 0.2) is 12.2 Å². The average molecular weight is 315 g/mol. The normalized spacial score (nSPS) is 16.2. The molecule has 1 aliphatic heterocycles. The summed E-state index contributed by atoms with van der Waals surface area (Å²) >= 11 is 0. The molecule has 0 aromatic rings. The van der Waals surface area contributed by atoms with E-state index in [1.807, 2.05) is 27.7 Å². The van der Waals surface area contributed by atoms with E-state index in [1.54, 1.807) is 0 Å². The number of amides is 2. The highest BCUT2D eigenvalue weighted by atomic mass is 17.3. The van der Waals surface area contributed by atoms with Crippen molar-refractivity contribution in [2.75, 3.05) is 20.8 Å². The summed E-state index contributed by atoms with van der Waals surface area (Å²) in [7, 11) is 2.81. The number of methoxy groups -OCH3 is 2. The Morgan fingerprint density at radius 1 is 1.05 bits per heavy atom. The minimum Gasteiger partial charge on any atom is -0.329 e. The molecule has 1 rings (SSSR count). The maximum Gasteiger partial charge on any atom is 0.313 e. The Balaban J connectivity index is 2.67. The van der Waals surface area contributed by atoms with Crippen LogP contribution in [-0.4, -0.2) is 49.1 Å². The minimum atomic E-state index is -1.49. The van der Waals surface area contributed by atoms with Crippen molar-refractivity contribution in [1.82, 2.24) is 4.90 Å². The molecule has 0 atom stereocenters. The quantitative estimate of drug-likeness (QED) is 0.279. The topological polar surface area (TPSA) is 74.3 Å². The van der Waals surface area contributed by atoms with Crippen molar-refractivity contribution in [2.24, 2.45) is 5.92 Å². The SMILES string of the molecule is COC(CCN1C(=O)C=CC1=O)(OC)OOC(C)(C)C(C)C. The number of hydrogen-bond acceptors (Lipinski definition) is 6. The predicted octanol–water partition coefficient (Wildman–Crippen LogP) is 1.63. The first-order valence-electron chi connectivity index (χ1n) is 7.18. The predicted molar refractivity (Wildman–Crippen MR) is 78.3 cm³/mol. The van der Waals surface area contributed by atoms with E-state index < -0.39 is 11.6 Å². The molecule has 0 bridgehead atoms. The Bertz CT molecular complexity index is 421. The molecule has 1 heterocycles. The van der Waals surface area contributed by atoms with Crippen LogP contribution < -0.4 is 0 Å². The molecule has 0 N–H and O–H groups in total. The molecule has 0 fully saturated rings. The molecule has 2 amide bonds. The van der Waals surface area contributed by atoms with Crippen LogP contribution in [0.25, 0.3) is 0 Å². The van der Waals surface area contributed by atoms with Crippen LogP contribution in [0.5, 0.6) is 0 Å². The third-order valence-corrected chi connectivity index (χ3v) is 3.94. The van der Waals surface area contributed by atoms with Gasteiger partial charge in [-0.1, -0.05) is 13.8 Å². The van der Waals surface area contributed by atoms with E-state index in [0.717, 1.165) is 4.90 Å². The monoisotopic (exact) mass is 315 g/mol. The van der Waals surface area contributed by atoms with E-state index in [-0.39, 0.29) is 30.7 Å². The highest BCUT2D eigenvalue weighted by Gasteiger charge is 2.38. The van der Waals surface area contributed by atoms with Gasteiger partial charge in [0.25, 0.3) is 11.8 Å². The molecule has 126 valence electrons. The maximum absolute atomic E-state index is 11.5. The summed E-state index contributed by atoms with van der Waals surface area (Å²) in [5, 5.41) is 0. The van der Waals surface area contributed by atoms with Crippen molar-refractivity contribution < 1.29 is 28.8 Å². The Morgan fingerprint density at radius 3 is 1.95 bits per heavy atom. The highest BCUT2D eigenvalue weighted by molar-refractivity contribution is 6.12. The van der Waals surface area contributed by atoms with Gasteiger partial charge in [0.2, 0.25) is 0 Å². The van der Waals surface area contributed by atoms with Gasteiger partial charge < -0.3 is 9.47 Å². The van der Waals surface area contributed by atoms with Gasteiger partial charge in [-0.25, -0.2) is 4.89 Å². The lowest BCUT2D eigenvalue weighted by atomic mass is 9.95. The number of carbonyl (C=O) groups excluding carboxylic acids is 2.